The molecular weight excluding hydrogens is 310 g/mol. The van der Waals surface area contributed by atoms with E-state index in [4.69, 9.17) is 14.2 Å². The Hall–Kier alpha value is -1.14. The Bertz CT molecular complexity index is 552. The van der Waals surface area contributed by atoms with Crippen LogP contribution >= 0.6 is 0 Å². The summed E-state index contributed by atoms with van der Waals surface area (Å²) in [6.07, 6.45) is 6.12. The smallest absolute Gasteiger partial charge is 0.325 e. The van der Waals surface area contributed by atoms with E-state index in [2.05, 4.69) is 19.2 Å². The van der Waals surface area contributed by atoms with Gasteiger partial charge in [0.05, 0.1) is 30.0 Å². The van der Waals surface area contributed by atoms with Gasteiger partial charge >= 0.3 is 5.97 Å². The minimum Gasteiger partial charge on any atom is -0.464 e. The molecule has 2 aliphatic heterocycles. The van der Waals surface area contributed by atoms with Crippen molar-refractivity contribution in [2.75, 3.05) is 13.2 Å². The van der Waals surface area contributed by atoms with Gasteiger partial charge < -0.3 is 19.5 Å². The standard InChI is InChI=1S/C18H27NO5/c1-17-5-3-11(7-13(17)23-17)10-22-15(20)9-19-16(21)12-4-6-18(2)14(8-12)24-18/h11-14H,3-10H2,1-2H3,(H,19,21). The van der Waals surface area contributed by atoms with Gasteiger partial charge in [-0.1, -0.05) is 0 Å². The summed E-state index contributed by atoms with van der Waals surface area (Å²) in [5.74, 6) is -0.0595. The van der Waals surface area contributed by atoms with Crippen LogP contribution in [0.2, 0.25) is 0 Å². The largest absolute Gasteiger partial charge is 0.464 e. The van der Waals surface area contributed by atoms with Crippen molar-refractivity contribution in [3.05, 3.63) is 0 Å². The van der Waals surface area contributed by atoms with Crippen LogP contribution in [-0.2, 0) is 23.8 Å². The van der Waals surface area contributed by atoms with Crippen LogP contribution in [0.25, 0.3) is 0 Å². The lowest BCUT2D eigenvalue weighted by Gasteiger charge is -2.23. The molecule has 6 atom stereocenters. The molecule has 2 aliphatic carbocycles. The zero-order valence-electron chi connectivity index (χ0n) is 14.5. The van der Waals surface area contributed by atoms with E-state index in [0.29, 0.717) is 18.6 Å². The molecule has 1 N–H and O–H groups in total. The number of esters is 1. The molecular formula is C18H27NO5. The van der Waals surface area contributed by atoms with Gasteiger partial charge in [-0.2, -0.15) is 0 Å². The number of fused-ring (bicyclic) bond motifs is 2. The van der Waals surface area contributed by atoms with Crippen LogP contribution in [0.3, 0.4) is 0 Å². The summed E-state index contributed by atoms with van der Waals surface area (Å²) in [4.78, 5) is 24.0. The Labute approximate surface area is 142 Å². The maximum Gasteiger partial charge on any atom is 0.325 e. The first-order chi connectivity index (χ1) is 11.4. The third-order valence-electron chi connectivity index (χ3n) is 6.41. The van der Waals surface area contributed by atoms with E-state index in [0.717, 1.165) is 38.5 Å². The molecule has 0 aromatic carbocycles. The lowest BCUT2D eigenvalue weighted by Crippen LogP contribution is -2.38. The number of carbonyl (C=O) groups is 2. The van der Waals surface area contributed by atoms with Crippen LogP contribution in [0.15, 0.2) is 0 Å². The highest BCUT2D eigenvalue weighted by Crippen LogP contribution is 2.50. The molecule has 2 saturated heterocycles. The molecule has 0 aromatic heterocycles. The number of nitrogens with one attached hydrogen (secondary N) is 1. The molecule has 4 fully saturated rings. The normalized spacial score (nSPS) is 45.6. The molecule has 6 nitrogen and oxygen atoms in total. The summed E-state index contributed by atoms with van der Waals surface area (Å²) in [5, 5.41) is 2.72. The summed E-state index contributed by atoms with van der Waals surface area (Å²) in [5.41, 5.74) is 0.104. The average molecular weight is 337 g/mol. The molecule has 0 bridgehead atoms. The van der Waals surface area contributed by atoms with Crippen molar-refractivity contribution in [2.24, 2.45) is 11.8 Å². The lowest BCUT2D eigenvalue weighted by molar-refractivity contribution is -0.146. The number of epoxide rings is 2. The molecule has 0 spiro atoms. The minimum atomic E-state index is -0.350. The number of hydrogen-bond donors (Lipinski definition) is 1. The van der Waals surface area contributed by atoms with E-state index in [9.17, 15) is 9.59 Å². The first kappa shape index (κ1) is 16.3. The SMILES string of the molecule is CC12CCC(COC(=O)CNC(=O)C3CCC4(C)OC4C3)CC1O2. The monoisotopic (exact) mass is 337 g/mol. The Balaban J connectivity index is 1.13. The molecule has 0 radical (unpaired) electrons. The van der Waals surface area contributed by atoms with E-state index in [1.807, 2.05) is 0 Å². The highest BCUT2D eigenvalue weighted by molar-refractivity contribution is 5.83. The maximum absolute atomic E-state index is 12.2. The fraction of sp³-hybridized carbons (Fsp3) is 0.889. The molecule has 4 rings (SSSR count). The van der Waals surface area contributed by atoms with Crippen molar-refractivity contribution in [1.29, 1.82) is 0 Å². The van der Waals surface area contributed by atoms with E-state index in [1.165, 1.54) is 0 Å². The number of hydrogen-bond acceptors (Lipinski definition) is 5. The number of ether oxygens (including phenoxy) is 3. The highest BCUT2D eigenvalue weighted by Gasteiger charge is 2.56. The van der Waals surface area contributed by atoms with Gasteiger partial charge in [0.25, 0.3) is 0 Å². The molecule has 2 heterocycles. The number of rotatable bonds is 5. The summed E-state index contributed by atoms with van der Waals surface area (Å²) >= 11 is 0. The van der Waals surface area contributed by atoms with Crippen LogP contribution in [0.4, 0.5) is 0 Å². The van der Waals surface area contributed by atoms with E-state index < -0.39 is 0 Å². The van der Waals surface area contributed by atoms with Crippen molar-refractivity contribution in [3.8, 4) is 0 Å². The van der Waals surface area contributed by atoms with Crippen LogP contribution in [0.1, 0.15) is 52.4 Å². The first-order valence-electron chi connectivity index (χ1n) is 9.17. The topological polar surface area (TPSA) is 80.5 Å². The molecule has 0 aromatic rings. The quantitative estimate of drug-likeness (QED) is 0.608. The third kappa shape index (κ3) is 3.18. The van der Waals surface area contributed by atoms with Gasteiger partial charge in [0.2, 0.25) is 5.91 Å². The molecule has 6 heteroatoms. The number of carbonyl (C=O) groups excluding carboxylic acids is 2. The van der Waals surface area contributed by atoms with Crippen LogP contribution in [-0.4, -0.2) is 48.4 Å². The summed E-state index contributed by atoms with van der Waals surface area (Å²) < 4.78 is 16.6. The zero-order chi connectivity index (χ0) is 16.9. The summed E-state index contributed by atoms with van der Waals surface area (Å²) in [6, 6.07) is 0. The summed E-state index contributed by atoms with van der Waals surface area (Å²) in [6.45, 7) is 4.64. The lowest BCUT2D eigenvalue weighted by atomic mass is 9.82. The van der Waals surface area contributed by atoms with Gasteiger partial charge in [-0.15, -0.1) is 0 Å². The zero-order valence-corrected chi connectivity index (χ0v) is 14.5. The fourth-order valence-electron chi connectivity index (χ4n) is 4.32. The Morgan fingerprint density at radius 2 is 1.75 bits per heavy atom. The van der Waals surface area contributed by atoms with Crippen molar-refractivity contribution in [2.45, 2.75) is 75.8 Å². The van der Waals surface area contributed by atoms with Gasteiger partial charge in [0, 0.05) is 5.92 Å². The molecule has 6 unspecified atom stereocenters. The van der Waals surface area contributed by atoms with Crippen molar-refractivity contribution < 1.29 is 23.8 Å². The second kappa shape index (κ2) is 5.70. The van der Waals surface area contributed by atoms with Crippen LogP contribution in [0.5, 0.6) is 0 Å². The first-order valence-corrected chi connectivity index (χ1v) is 9.17. The van der Waals surface area contributed by atoms with Crippen molar-refractivity contribution >= 4 is 11.9 Å². The molecule has 4 aliphatic rings. The van der Waals surface area contributed by atoms with Crippen LogP contribution in [0, 0.1) is 11.8 Å². The van der Waals surface area contributed by atoms with E-state index >= 15 is 0 Å². The third-order valence-corrected chi connectivity index (χ3v) is 6.41. The molecule has 1 amide bonds. The predicted molar refractivity (Wildman–Crippen MR) is 85.2 cm³/mol. The van der Waals surface area contributed by atoms with Gasteiger partial charge in [0.1, 0.15) is 6.54 Å². The molecule has 24 heavy (non-hydrogen) atoms. The van der Waals surface area contributed by atoms with Crippen LogP contribution < -0.4 is 5.32 Å². The van der Waals surface area contributed by atoms with Gasteiger partial charge in [-0.05, 0) is 58.3 Å². The van der Waals surface area contributed by atoms with E-state index in [-0.39, 0.29) is 41.6 Å². The minimum absolute atomic E-state index is 0.0110. The molecule has 2 saturated carbocycles. The van der Waals surface area contributed by atoms with Gasteiger partial charge in [0.15, 0.2) is 0 Å². The average Bonchev–Trinajstić information content (AvgIpc) is 3.42. The fourth-order valence-corrected chi connectivity index (χ4v) is 4.32. The predicted octanol–water partition coefficient (Wildman–Crippen LogP) is 1.56. The van der Waals surface area contributed by atoms with Crippen molar-refractivity contribution in [1.82, 2.24) is 5.32 Å². The maximum atomic E-state index is 12.2. The van der Waals surface area contributed by atoms with Gasteiger partial charge in [-0.3, -0.25) is 9.59 Å². The number of amides is 1. The van der Waals surface area contributed by atoms with E-state index in [1.54, 1.807) is 0 Å². The van der Waals surface area contributed by atoms with Gasteiger partial charge in [-0.25, -0.2) is 0 Å². The van der Waals surface area contributed by atoms with Crippen molar-refractivity contribution in [3.63, 3.8) is 0 Å². The Morgan fingerprint density at radius 3 is 2.42 bits per heavy atom. The second-order valence-corrected chi connectivity index (χ2v) is 8.35. The Kier molecular flexibility index (Phi) is 3.88. The summed E-state index contributed by atoms with van der Waals surface area (Å²) in [7, 11) is 0. The Morgan fingerprint density at radius 1 is 1.08 bits per heavy atom. The highest BCUT2D eigenvalue weighted by atomic mass is 16.6. The molecule has 134 valence electrons. The second-order valence-electron chi connectivity index (χ2n) is 8.35.